The predicted molar refractivity (Wildman–Crippen MR) is 109 cm³/mol. The van der Waals surface area contributed by atoms with Gasteiger partial charge in [0.2, 0.25) is 5.95 Å². The van der Waals surface area contributed by atoms with Gasteiger partial charge < -0.3 is 15.5 Å². The van der Waals surface area contributed by atoms with E-state index in [1.54, 1.807) is 0 Å². The largest absolute Gasteiger partial charge is 0.433 e. The van der Waals surface area contributed by atoms with Crippen molar-refractivity contribution < 1.29 is 13.2 Å². The van der Waals surface area contributed by atoms with Gasteiger partial charge in [-0.2, -0.15) is 13.2 Å². The average Bonchev–Trinajstić information content (AvgIpc) is 3.03. The lowest BCUT2D eigenvalue weighted by molar-refractivity contribution is -0.141. The minimum absolute atomic E-state index is 0. The fourth-order valence-electron chi connectivity index (χ4n) is 3.56. The van der Waals surface area contributed by atoms with Gasteiger partial charge in [-0.1, -0.05) is 6.42 Å². The van der Waals surface area contributed by atoms with Crippen LogP contribution in [0.15, 0.2) is 17.3 Å². The fourth-order valence-corrected chi connectivity index (χ4v) is 3.56. The van der Waals surface area contributed by atoms with Crippen molar-refractivity contribution in [3.05, 3.63) is 18.0 Å². The van der Waals surface area contributed by atoms with E-state index < -0.39 is 11.9 Å². The molecule has 0 bridgehead atoms. The van der Waals surface area contributed by atoms with Crippen molar-refractivity contribution in [1.82, 2.24) is 20.2 Å². The lowest BCUT2D eigenvalue weighted by Crippen LogP contribution is -2.42. The predicted octanol–water partition coefficient (Wildman–Crippen LogP) is 3.37. The van der Waals surface area contributed by atoms with Crippen LogP contribution in [0.4, 0.5) is 19.1 Å². The van der Waals surface area contributed by atoms with Crippen molar-refractivity contribution in [2.24, 2.45) is 10.4 Å². The molecular formula is C17H26F3IN6. The van der Waals surface area contributed by atoms with Gasteiger partial charge in [-0.15, -0.1) is 24.0 Å². The summed E-state index contributed by atoms with van der Waals surface area (Å²) >= 11 is 0. The Hall–Kier alpha value is -1.33. The molecule has 10 heteroatoms. The number of aromatic nitrogens is 2. The lowest BCUT2D eigenvalue weighted by atomic mass is 9.68. The second kappa shape index (κ2) is 9.24. The summed E-state index contributed by atoms with van der Waals surface area (Å²) < 4.78 is 38.0. The average molecular weight is 498 g/mol. The molecular weight excluding hydrogens is 472 g/mol. The summed E-state index contributed by atoms with van der Waals surface area (Å²) in [5.74, 6) is 0.845. The summed E-state index contributed by atoms with van der Waals surface area (Å²) in [5.41, 5.74) is -0.463. The SMILES string of the molecule is CCNC(=NCCNc1nccc(C(F)(F)F)n1)N1CCC2(CCC2)C1.I. The van der Waals surface area contributed by atoms with Crippen molar-refractivity contribution >= 4 is 35.9 Å². The molecule has 0 aromatic carbocycles. The molecule has 152 valence electrons. The van der Waals surface area contributed by atoms with E-state index in [9.17, 15) is 13.2 Å². The Labute approximate surface area is 174 Å². The van der Waals surface area contributed by atoms with Crippen LogP contribution < -0.4 is 10.6 Å². The number of nitrogens with zero attached hydrogens (tertiary/aromatic N) is 4. The van der Waals surface area contributed by atoms with E-state index in [0.29, 0.717) is 18.5 Å². The number of anilines is 1. The summed E-state index contributed by atoms with van der Waals surface area (Å²) in [5, 5.41) is 6.11. The molecule has 1 aromatic rings. The van der Waals surface area contributed by atoms with Gasteiger partial charge >= 0.3 is 6.18 Å². The highest BCUT2D eigenvalue weighted by Crippen LogP contribution is 2.47. The van der Waals surface area contributed by atoms with Crippen LogP contribution >= 0.6 is 24.0 Å². The number of guanidine groups is 1. The minimum atomic E-state index is -4.47. The molecule has 0 atom stereocenters. The van der Waals surface area contributed by atoms with Crippen LogP contribution in [-0.4, -0.2) is 53.6 Å². The molecule has 3 rings (SSSR count). The number of aliphatic imine (C=N–C) groups is 1. The summed E-state index contributed by atoms with van der Waals surface area (Å²) in [4.78, 5) is 14.2. The highest BCUT2D eigenvalue weighted by molar-refractivity contribution is 14.0. The van der Waals surface area contributed by atoms with Crippen molar-refractivity contribution in [2.75, 3.05) is 38.0 Å². The highest BCUT2D eigenvalue weighted by atomic mass is 127. The number of hydrogen-bond donors (Lipinski definition) is 2. The molecule has 0 radical (unpaired) electrons. The van der Waals surface area contributed by atoms with Gasteiger partial charge in [0.05, 0.1) is 6.54 Å². The third-order valence-electron chi connectivity index (χ3n) is 5.09. The van der Waals surface area contributed by atoms with Gasteiger partial charge in [-0.25, -0.2) is 9.97 Å². The number of nitrogens with one attached hydrogen (secondary N) is 2. The topological polar surface area (TPSA) is 65.4 Å². The number of halogens is 4. The van der Waals surface area contributed by atoms with Crippen LogP contribution in [0.3, 0.4) is 0 Å². The molecule has 2 fully saturated rings. The van der Waals surface area contributed by atoms with Crippen LogP contribution in [0.25, 0.3) is 0 Å². The van der Waals surface area contributed by atoms with Crippen molar-refractivity contribution in [3.63, 3.8) is 0 Å². The summed E-state index contributed by atoms with van der Waals surface area (Å²) in [6.07, 6.45) is 1.78. The monoisotopic (exact) mass is 498 g/mol. The molecule has 1 aromatic heterocycles. The number of rotatable bonds is 5. The molecule has 2 N–H and O–H groups in total. The van der Waals surface area contributed by atoms with E-state index >= 15 is 0 Å². The first-order chi connectivity index (χ1) is 12.4. The fraction of sp³-hybridized carbons (Fsp3) is 0.706. The van der Waals surface area contributed by atoms with Gasteiger partial charge in [-0.05, 0) is 37.7 Å². The third-order valence-corrected chi connectivity index (χ3v) is 5.09. The number of hydrogen-bond acceptors (Lipinski definition) is 4. The molecule has 1 saturated carbocycles. The standard InChI is InChI=1S/C17H25F3N6.HI/c1-2-21-15(26-11-7-16(12-26)5-3-6-16)24-10-9-23-14-22-8-4-13(25-14)17(18,19)20;/h4,8H,2-3,5-7,9-12H2,1H3,(H,21,24)(H,22,23,25);1H. The van der Waals surface area contributed by atoms with E-state index in [1.165, 1.54) is 25.7 Å². The zero-order valence-electron chi connectivity index (χ0n) is 15.3. The van der Waals surface area contributed by atoms with Crippen LogP contribution in [-0.2, 0) is 6.18 Å². The van der Waals surface area contributed by atoms with E-state index in [1.807, 2.05) is 6.92 Å². The normalized spacial score (nSPS) is 18.8. The molecule has 2 aliphatic rings. The smallest absolute Gasteiger partial charge is 0.357 e. The minimum Gasteiger partial charge on any atom is -0.357 e. The molecule has 6 nitrogen and oxygen atoms in total. The van der Waals surface area contributed by atoms with E-state index in [-0.39, 0.29) is 29.9 Å². The van der Waals surface area contributed by atoms with Crippen LogP contribution in [0, 0.1) is 5.41 Å². The molecule has 1 spiro atoms. The number of likely N-dealkylation sites (tertiary alicyclic amines) is 1. The summed E-state index contributed by atoms with van der Waals surface area (Å²) in [6.45, 7) is 5.67. The second-order valence-electron chi connectivity index (χ2n) is 6.95. The Morgan fingerprint density at radius 1 is 1.33 bits per heavy atom. The maximum Gasteiger partial charge on any atom is 0.433 e. The van der Waals surface area contributed by atoms with Gasteiger partial charge in [0.15, 0.2) is 5.96 Å². The molecule has 27 heavy (non-hydrogen) atoms. The van der Waals surface area contributed by atoms with Crippen LogP contribution in [0.2, 0.25) is 0 Å². The quantitative estimate of drug-likeness (QED) is 0.282. The molecule has 2 heterocycles. The summed E-state index contributed by atoms with van der Waals surface area (Å²) in [7, 11) is 0. The van der Waals surface area contributed by atoms with E-state index in [4.69, 9.17) is 0 Å². The molecule has 0 unspecified atom stereocenters. The Morgan fingerprint density at radius 2 is 2.11 bits per heavy atom. The zero-order valence-corrected chi connectivity index (χ0v) is 17.7. The van der Waals surface area contributed by atoms with Crippen molar-refractivity contribution in [2.45, 2.75) is 38.8 Å². The first-order valence-corrected chi connectivity index (χ1v) is 9.09. The maximum atomic E-state index is 12.7. The zero-order chi connectivity index (χ0) is 18.6. The molecule has 1 saturated heterocycles. The van der Waals surface area contributed by atoms with Gasteiger partial charge in [0.25, 0.3) is 0 Å². The summed E-state index contributed by atoms with van der Waals surface area (Å²) in [6, 6.07) is 0.857. The molecule has 1 aliphatic heterocycles. The van der Waals surface area contributed by atoms with Gasteiger partial charge in [0, 0.05) is 32.4 Å². The van der Waals surface area contributed by atoms with E-state index in [0.717, 1.165) is 37.9 Å². The third kappa shape index (κ3) is 5.58. The first kappa shape index (κ1) is 22.0. The molecule has 1 aliphatic carbocycles. The Balaban J connectivity index is 0.00000261. The second-order valence-corrected chi connectivity index (χ2v) is 6.95. The first-order valence-electron chi connectivity index (χ1n) is 9.09. The Bertz CT molecular complexity index is 648. The Kier molecular flexibility index (Phi) is 7.52. The van der Waals surface area contributed by atoms with Crippen LogP contribution in [0.1, 0.15) is 38.3 Å². The van der Waals surface area contributed by atoms with Gasteiger partial charge in [0.1, 0.15) is 5.69 Å². The van der Waals surface area contributed by atoms with Crippen LogP contribution in [0.5, 0.6) is 0 Å². The maximum absolute atomic E-state index is 12.7. The lowest BCUT2D eigenvalue weighted by Gasteiger charge is -2.38. The molecule has 0 amide bonds. The number of alkyl halides is 3. The van der Waals surface area contributed by atoms with Crippen molar-refractivity contribution in [1.29, 1.82) is 0 Å². The highest BCUT2D eigenvalue weighted by Gasteiger charge is 2.43. The van der Waals surface area contributed by atoms with E-state index in [2.05, 4.69) is 30.5 Å². The van der Waals surface area contributed by atoms with Gasteiger partial charge in [-0.3, -0.25) is 4.99 Å². The Morgan fingerprint density at radius 3 is 2.70 bits per heavy atom. The van der Waals surface area contributed by atoms with Crippen molar-refractivity contribution in [3.8, 4) is 0 Å².